The van der Waals surface area contributed by atoms with E-state index in [1.165, 1.54) is 11.8 Å². The number of nitrogens with zero attached hydrogens (tertiary/aromatic N) is 1. The van der Waals surface area contributed by atoms with Crippen LogP contribution in [0.4, 0.5) is 11.4 Å². The number of carbonyl (C=O) groups excluding carboxylic acids is 1. The molecule has 2 aromatic rings. The lowest BCUT2D eigenvalue weighted by Crippen LogP contribution is -2.13. The van der Waals surface area contributed by atoms with Gasteiger partial charge < -0.3 is 10.6 Å². The van der Waals surface area contributed by atoms with Gasteiger partial charge >= 0.3 is 0 Å². The fourth-order valence-electron chi connectivity index (χ4n) is 3.08. The molecule has 2 N–H and O–H groups in total. The van der Waals surface area contributed by atoms with Gasteiger partial charge in [0.2, 0.25) is 0 Å². The Labute approximate surface area is 162 Å². The predicted molar refractivity (Wildman–Crippen MR) is 110 cm³/mol. The Bertz CT molecular complexity index is 1000. The molecule has 1 saturated heterocycles. The van der Waals surface area contributed by atoms with Crippen LogP contribution in [0.1, 0.15) is 15.9 Å². The first-order valence-corrected chi connectivity index (χ1v) is 11.3. The SMILES string of the molecule is Cc1ccc(NC(=O)c2ccc(NC3=N[C@H]4CS(=O)(=O)C[C@H]4S3)cc2)cc1. The van der Waals surface area contributed by atoms with Gasteiger partial charge in [-0.15, -0.1) is 0 Å². The molecule has 0 aromatic heterocycles. The minimum absolute atomic E-state index is 0.0112. The molecule has 0 spiro atoms. The Balaban J connectivity index is 1.38. The number of anilines is 2. The van der Waals surface area contributed by atoms with E-state index in [1.54, 1.807) is 12.1 Å². The van der Waals surface area contributed by atoms with Crippen LogP contribution in [0, 0.1) is 6.92 Å². The number of aryl methyl sites for hydroxylation is 1. The summed E-state index contributed by atoms with van der Waals surface area (Å²) in [6.07, 6.45) is 0. The van der Waals surface area contributed by atoms with Gasteiger partial charge in [-0.2, -0.15) is 0 Å². The van der Waals surface area contributed by atoms with Crippen LogP contribution in [-0.2, 0) is 9.84 Å². The van der Waals surface area contributed by atoms with E-state index in [0.717, 1.165) is 22.1 Å². The van der Waals surface area contributed by atoms with Gasteiger partial charge in [-0.1, -0.05) is 29.5 Å². The van der Waals surface area contributed by atoms with E-state index in [0.29, 0.717) is 5.56 Å². The first-order chi connectivity index (χ1) is 12.9. The Morgan fingerprint density at radius 3 is 2.37 bits per heavy atom. The van der Waals surface area contributed by atoms with Gasteiger partial charge in [0.25, 0.3) is 5.91 Å². The minimum atomic E-state index is -2.95. The first-order valence-electron chi connectivity index (χ1n) is 8.58. The first kappa shape index (κ1) is 18.1. The molecular formula is C19H19N3O3S2. The second-order valence-corrected chi connectivity index (χ2v) is 10.1. The number of carbonyl (C=O) groups is 1. The fraction of sp³-hybridized carbons (Fsp3) is 0.263. The highest BCUT2D eigenvalue weighted by Gasteiger charge is 2.42. The Hall–Kier alpha value is -2.32. The molecular weight excluding hydrogens is 382 g/mol. The summed E-state index contributed by atoms with van der Waals surface area (Å²) in [5.41, 5.74) is 3.27. The maximum atomic E-state index is 12.3. The van der Waals surface area contributed by atoms with Gasteiger partial charge in [-0.3, -0.25) is 9.79 Å². The number of nitrogens with one attached hydrogen (secondary N) is 2. The second-order valence-electron chi connectivity index (χ2n) is 6.76. The Kier molecular flexibility index (Phi) is 4.69. The van der Waals surface area contributed by atoms with E-state index < -0.39 is 9.84 Å². The van der Waals surface area contributed by atoms with Crippen molar-refractivity contribution in [2.24, 2.45) is 4.99 Å². The number of hydrogen-bond acceptors (Lipinski definition) is 6. The van der Waals surface area contributed by atoms with Gasteiger partial charge in [-0.25, -0.2) is 8.42 Å². The van der Waals surface area contributed by atoms with Gasteiger partial charge in [-0.05, 0) is 43.3 Å². The Morgan fingerprint density at radius 2 is 1.70 bits per heavy atom. The highest BCUT2D eigenvalue weighted by molar-refractivity contribution is 8.15. The molecule has 1 fully saturated rings. The summed E-state index contributed by atoms with van der Waals surface area (Å²) in [4.78, 5) is 16.8. The molecule has 4 rings (SSSR count). The van der Waals surface area contributed by atoms with Crippen molar-refractivity contribution in [2.75, 3.05) is 22.1 Å². The third-order valence-corrected chi connectivity index (χ3v) is 7.67. The number of thioether (sulfide) groups is 1. The second kappa shape index (κ2) is 7.01. The summed E-state index contributed by atoms with van der Waals surface area (Å²) in [5.74, 6) is 0.154. The van der Waals surface area contributed by atoms with Gasteiger partial charge in [0.05, 0.1) is 17.5 Å². The molecule has 2 heterocycles. The normalized spacial score (nSPS) is 22.8. The van der Waals surface area contributed by atoms with Crippen molar-refractivity contribution in [1.82, 2.24) is 0 Å². The largest absolute Gasteiger partial charge is 0.335 e. The molecule has 8 heteroatoms. The molecule has 2 aliphatic rings. The summed E-state index contributed by atoms with van der Waals surface area (Å²) < 4.78 is 23.2. The molecule has 0 radical (unpaired) electrons. The fourth-order valence-corrected chi connectivity index (χ4v) is 6.76. The molecule has 2 aliphatic heterocycles. The summed E-state index contributed by atoms with van der Waals surface area (Å²) in [7, 11) is -2.95. The van der Waals surface area contributed by atoms with Crippen LogP contribution in [0.3, 0.4) is 0 Å². The summed E-state index contributed by atoms with van der Waals surface area (Å²) in [6, 6.07) is 14.6. The number of fused-ring (bicyclic) bond motifs is 1. The average Bonchev–Trinajstić information content (AvgIpc) is 3.10. The third-order valence-electron chi connectivity index (χ3n) is 4.53. The Morgan fingerprint density at radius 1 is 1.04 bits per heavy atom. The molecule has 27 heavy (non-hydrogen) atoms. The molecule has 0 bridgehead atoms. The number of sulfone groups is 1. The lowest BCUT2D eigenvalue weighted by Gasteiger charge is -2.09. The van der Waals surface area contributed by atoms with Crippen LogP contribution in [0.5, 0.6) is 0 Å². The van der Waals surface area contributed by atoms with Gasteiger partial charge in [0.1, 0.15) is 0 Å². The van der Waals surface area contributed by atoms with Crippen LogP contribution >= 0.6 is 11.8 Å². The van der Waals surface area contributed by atoms with E-state index >= 15 is 0 Å². The highest BCUT2D eigenvalue weighted by Crippen LogP contribution is 2.34. The topological polar surface area (TPSA) is 87.6 Å². The molecule has 0 saturated carbocycles. The van der Waals surface area contributed by atoms with E-state index in [2.05, 4.69) is 15.6 Å². The van der Waals surface area contributed by atoms with Crippen molar-refractivity contribution < 1.29 is 13.2 Å². The van der Waals surface area contributed by atoms with Crippen LogP contribution < -0.4 is 10.6 Å². The minimum Gasteiger partial charge on any atom is -0.335 e. The average molecular weight is 402 g/mol. The van der Waals surface area contributed by atoms with Crippen molar-refractivity contribution in [1.29, 1.82) is 0 Å². The zero-order valence-electron chi connectivity index (χ0n) is 14.7. The molecule has 2 aromatic carbocycles. The van der Waals surface area contributed by atoms with E-state index in [-0.39, 0.29) is 28.7 Å². The lowest BCUT2D eigenvalue weighted by atomic mass is 10.2. The highest BCUT2D eigenvalue weighted by atomic mass is 32.2. The van der Waals surface area contributed by atoms with Gasteiger partial charge in [0.15, 0.2) is 15.0 Å². The van der Waals surface area contributed by atoms with Crippen molar-refractivity contribution in [3.05, 3.63) is 59.7 Å². The number of hydrogen-bond donors (Lipinski definition) is 2. The molecule has 0 aliphatic carbocycles. The van der Waals surface area contributed by atoms with Crippen LogP contribution in [-0.4, -0.2) is 42.3 Å². The van der Waals surface area contributed by atoms with Gasteiger partial charge in [0, 0.05) is 22.2 Å². The summed E-state index contributed by atoms with van der Waals surface area (Å²) >= 11 is 1.47. The molecule has 0 unspecified atom stereocenters. The van der Waals surface area contributed by atoms with Crippen molar-refractivity contribution in [2.45, 2.75) is 18.2 Å². The smallest absolute Gasteiger partial charge is 0.255 e. The van der Waals surface area contributed by atoms with Crippen LogP contribution in [0.2, 0.25) is 0 Å². The standard InChI is InChI=1S/C19H19N3O3S2/c1-12-2-6-14(7-3-12)20-18(23)13-4-8-15(9-5-13)21-19-22-16-10-27(24,25)11-17(16)26-19/h2-9,16-17H,10-11H2,1H3,(H,20,23)(H,21,22)/t16-,17+/m0/s1. The number of aliphatic imine (C=N–C) groups is 1. The maximum Gasteiger partial charge on any atom is 0.255 e. The zero-order valence-corrected chi connectivity index (χ0v) is 16.3. The van der Waals surface area contributed by atoms with E-state index in [4.69, 9.17) is 0 Å². The molecule has 1 amide bonds. The van der Waals surface area contributed by atoms with E-state index in [9.17, 15) is 13.2 Å². The number of amides is 1. The van der Waals surface area contributed by atoms with Crippen LogP contribution in [0.25, 0.3) is 0 Å². The number of amidine groups is 1. The number of rotatable bonds is 3. The predicted octanol–water partition coefficient (Wildman–Crippen LogP) is 2.93. The quantitative estimate of drug-likeness (QED) is 0.826. The van der Waals surface area contributed by atoms with E-state index in [1.807, 2.05) is 43.3 Å². The molecule has 6 nitrogen and oxygen atoms in total. The molecule has 2 atom stereocenters. The van der Waals surface area contributed by atoms with Crippen molar-refractivity contribution in [3.63, 3.8) is 0 Å². The zero-order chi connectivity index (χ0) is 19.0. The van der Waals surface area contributed by atoms with Crippen LogP contribution in [0.15, 0.2) is 53.5 Å². The third kappa shape index (κ3) is 4.17. The summed E-state index contributed by atoms with van der Waals surface area (Å²) in [5, 5.41) is 6.82. The summed E-state index contributed by atoms with van der Waals surface area (Å²) in [6.45, 7) is 2.00. The molecule has 140 valence electrons. The lowest BCUT2D eigenvalue weighted by molar-refractivity contribution is 0.102. The number of benzene rings is 2. The maximum absolute atomic E-state index is 12.3. The van der Waals surface area contributed by atoms with Crippen molar-refractivity contribution >= 4 is 44.0 Å². The van der Waals surface area contributed by atoms with Crippen molar-refractivity contribution in [3.8, 4) is 0 Å². The monoisotopic (exact) mass is 401 g/mol.